The van der Waals surface area contributed by atoms with E-state index < -0.39 is 28.5 Å². The molecule has 0 fully saturated rings. The van der Waals surface area contributed by atoms with Crippen LogP contribution < -0.4 is 9.62 Å². The lowest BCUT2D eigenvalue weighted by Gasteiger charge is -2.33. The third-order valence-corrected chi connectivity index (χ3v) is 8.03. The van der Waals surface area contributed by atoms with Gasteiger partial charge in [0.25, 0.3) is 0 Å². The van der Waals surface area contributed by atoms with Crippen LogP contribution in [0.15, 0.2) is 97.1 Å². The monoisotopic (exact) mass is 563 g/mol. The van der Waals surface area contributed by atoms with E-state index in [-0.39, 0.29) is 18.9 Å². The predicted molar refractivity (Wildman–Crippen MR) is 156 cm³/mol. The second-order valence-electron chi connectivity index (χ2n) is 9.20. The summed E-state index contributed by atoms with van der Waals surface area (Å²) in [4.78, 5) is 28.7. The van der Waals surface area contributed by atoms with E-state index in [2.05, 4.69) is 5.32 Å². The van der Waals surface area contributed by atoms with Crippen LogP contribution in [0.25, 0.3) is 10.8 Å². The molecule has 0 saturated carbocycles. The minimum absolute atomic E-state index is 0.0244. The number of likely N-dealkylation sites (N-methyl/N-ethyl adjacent to an activating group) is 1. The number of hydrogen-bond acceptors (Lipinski definition) is 4. The third-order valence-electron chi connectivity index (χ3n) is 6.53. The molecule has 0 aliphatic heterocycles. The Morgan fingerprint density at radius 2 is 1.51 bits per heavy atom. The van der Waals surface area contributed by atoms with Gasteiger partial charge in [0.1, 0.15) is 12.6 Å². The molecule has 2 amide bonds. The molecule has 39 heavy (non-hydrogen) atoms. The van der Waals surface area contributed by atoms with Crippen molar-refractivity contribution < 1.29 is 18.0 Å². The second-order valence-corrected chi connectivity index (χ2v) is 11.5. The normalized spacial score (nSPS) is 12.1. The van der Waals surface area contributed by atoms with E-state index in [9.17, 15) is 18.0 Å². The summed E-state index contributed by atoms with van der Waals surface area (Å²) in [6, 6.07) is 28.2. The number of nitrogens with one attached hydrogen (secondary N) is 1. The molecule has 202 valence electrons. The topological polar surface area (TPSA) is 86.8 Å². The van der Waals surface area contributed by atoms with E-state index in [1.807, 2.05) is 60.7 Å². The molecule has 4 aromatic rings. The summed E-state index contributed by atoms with van der Waals surface area (Å²) < 4.78 is 27.2. The number of halogens is 1. The van der Waals surface area contributed by atoms with Gasteiger partial charge in [-0.3, -0.25) is 13.9 Å². The maximum atomic E-state index is 14.1. The zero-order valence-corrected chi connectivity index (χ0v) is 23.3. The highest BCUT2D eigenvalue weighted by atomic mass is 35.5. The summed E-state index contributed by atoms with van der Waals surface area (Å²) in [5.41, 5.74) is 1.89. The van der Waals surface area contributed by atoms with Crippen molar-refractivity contribution >= 4 is 49.9 Å². The molecule has 0 bridgehead atoms. The average Bonchev–Trinajstić information content (AvgIpc) is 2.93. The summed E-state index contributed by atoms with van der Waals surface area (Å²) in [6.45, 7) is -0.462. The lowest BCUT2D eigenvalue weighted by atomic mass is 10.0. The summed E-state index contributed by atoms with van der Waals surface area (Å²) in [5, 5.41) is 4.65. The number of rotatable bonds is 10. The molecule has 1 N–H and O–H groups in total. The van der Waals surface area contributed by atoms with Crippen molar-refractivity contribution in [1.29, 1.82) is 0 Å². The van der Waals surface area contributed by atoms with Gasteiger partial charge >= 0.3 is 0 Å². The van der Waals surface area contributed by atoms with Gasteiger partial charge in [0.2, 0.25) is 21.8 Å². The van der Waals surface area contributed by atoms with Gasteiger partial charge in [-0.25, -0.2) is 8.42 Å². The Bertz CT molecular complexity index is 1570. The molecule has 9 heteroatoms. The lowest BCUT2D eigenvalue weighted by molar-refractivity contribution is -0.139. The van der Waals surface area contributed by atoms with E-state index in [1.165, 1.54) is 11.9 Å². The molecule has 1 unspecified atom stereocenters. The largest absolute Gasteiger partial charge is 0.357 e. The summed E-state index contributed by atoms with van der Waals surface area (Å²) in [7, 11) is -2.36. The molecule has 0 aliphatic carbocycles. The molecule has 1 atom stereocenters. The molecule has 0 aromatic heterocycles. The van der Waals surface area contributed by atoms with Crippen LogP contribution in [-0.2, 0) is 32.6 Å². The smallest absolute Gasteiger partial charge is 0.244 e. The van der Waals surface area contributed by atoms with Crippen LogP contribution in [0.4, 0.5) is 5.69 Å². The molecule has 0 heterocycles. The quantitative estimate of drug-likeness (QED) is 0.304. The van der Waals surface area contributed by atoms with Crippen LogP contribution in [0, 0.1) is 0 Å². The minimum Gasteiger partial charge on any atom is -0.357 e. The van der Waals surface area contributed by atoms with Crippen molar-refractivity contribution in [3.63, 3.8) is 0 Å². The van der Waals surface area contributed by atoms with Gasteiger partial charge in [0.05, 0.1) is 11.9 Å². The molecule has 4 aromatic carbocycles. The molecule has 0 aliphatic rings. The highest BCUT2D eigenvalue weighted by molar-refractivity contribution is 7.92. The first-order valence-electron chi connectivity index (χ1n) is 12.4. The molecule has 0 saturated heterocycles. The Balaban J connectivity index is 1.77. The Morgan fingerprint density at radius 3 is 2.21 bits per heavy atom. The number of fused-ring (bicyclic) bond motifs is 1. The van der Waals surface area contributed by atoms with Crippen LogP contribution in [0.3, 0.4) is 0 Å². The summed E-state index contributed by atoms with van der Waals surface area (Å²) >= 11 is 6.45. The van der Waals surface area contributed by atoms with Crippen molar-refractivity contribution in [2.45, 2.75) is 19.0 Å². The Kier molecular flexibility index (Phi) is 8.89. The maximum Gasteiger partial charge on any atom is 0.244 e. The first-order valence-corrected chi connectivity index (χ1v) is 14.7. The van der Waals surface area contributed by atoms with Crippen molar-refractivity contribution in [3.8, 4) is 0 Å². The Labute approximate surface area is 234 Å². The zero-order valence-electron chi connectivity index (χ0n) is 21.7. The second kappa shape index (κ2) is 12.3. The van der Waals surface area contributed by atoms with E-state index in [1.54, 1.807) is 36.4 Å². The number of carbonyl (C=O) groups excluding carboxylic acids is 2. The fourth-order valence-corrected chi connectivity index (χ4v) is 5.61. The van der Waals surface area contributed by atoms with Crippen LogP contribution in [0.1, 0.15) is 11.1 Å². The van der Waals surface area contributed by atoms with Crippen molar-refractivity contribution in [2.24, 2.45) is 0 Å². The fourth-order valence-electron chi connectivity index (χ4n) is 4.55. The number of carbonyl (C=O) groups is 2. The average molecular weight is 564 g/mol. The molecule has 0 spiro atoms. The number of amides is 2. The first kappa shape index (κ1) is 28.1. The molecular weight excluding hydrogens is 534 g/mol. The summed E-state index contributed by atoms with van der Waals surface area (Å²) in [5.74, 6) is -0.895. The van der Waals surface area contributed by atoms with Crippen LogP contribution in [0.2, 0.25) is 5.02 Å². The highest BCUT2D eigenvalue weighted by Gasteiger charge is 2.33. The van der Waals surface area contributed by atoms with Crippen LogP contribution >= 0.6 is 11.6 Å². The highest BCUT2D eigenvalue weighted by Crippen LogP contribution is 2.29. The van der Waals surface area contributed by atoms with E-state index in [0.717, 1.165) is 21.5 Å². The number of nitrogens with zero attached hydrogens (tertiary/aromatic N) is 2. The molecule has 7 nitrogen and oxygen atoms in total. The Morgan fingerprint density at radius 1 is 0.872 bits per heavy atom. The van der Waals surface area contributed by atoms with E-state index in [4.69, 9.17) is 11.6 Å². The first-order chi connectivity index (χ1) is 18.7. The van der Waals surface area contributed by atoms with Gasteiger partial charge < -0.3 is 10.2 Å². The standard InChI is InChI=1S/C30H30ClN3O4S/c1-32-30(36)28(19-22-11-4-3-5-12-22)33(20-24-14-7-9-17-26(24)31)29(35)21-34(39(2,37)38)27-18-10-15-23-13-6-8-16-25(23)27/h3-18,28H,19-21H2,1-2H3,(H,32,36). The fraction of sp³-hybridized carbons (Fsp3) is 0.200. The van der Waals surface area contributed by atoms with Crippen LogP contribution in [0.5, 0.6) is 0 Å². The van der Waals surface area contributed by atoms with Gasteiger partial charge in [-0.1, -0.05) is 96.5 Å². The van der Waals surface area contributed by atoms with Gasteiger partial charge in [-0.2, -0.15) is 0 Å². The zero-order chi connectivity index (χ0) is 28.0. The van der Waals surface area contributed by atoms with Gasteiger partial charge in [0.15, 0.2) is 0 Å². The van der Waals surface area contributed by atoms with Crippen molar-refractivity contribution in [1.82, 2.24) is 10.2 Å². The lowest BCUT2D eigenvalue weighted by Crippen LogP contribution is -2.53. The SMILES string of the molecule is CNC(=O)C(Cc1ccccc1)N(Cc1ccccc1Cl)C(=O)CN(c1cccc2ccccc12)S(C)(=O)=O. The van der Waals surface area contributed by atoms with Gasteiger partial charge in [-0.15, -0.1) is 0 Å². The summed E-state index contributed by atoms with van der Waals surface area (Å²) in [6.07, 6.45) is 1.31. The molecule has 0 radical (unpaired) electrons. The van der Waals surface area contributed by atoms with Gasteiger partial charge in [-0.05, 0) is 28.6 Å². The number of anilines is 1. The van der Waals surface area contributed by atoms with Crippen LogP contribution in [-0.4, -0.2) is 51.0 Å². The molecular formula is C30H30ClN3O4S. The van der Waals surface area contributed by atoms with Crippen molar-refractivity contribution in [2.75, 3.05) is 24.2 Å². The van der Waals surface area contributed by atoms with E-state index >= 15 is 0 Å². The predicted octanol–water partition coefficient (Wildman–Crippen LogP) is 4.65. The molecule has 4 rings (SSSR count). The van der Waals surface area contributed by atoms with Crippen molar-refractivity contribution in [3.05, 3.63) is 113 Å². The third kappa shape index (κ3) is 6.77. The Hall–Kier alpha value is -3.88. The number of benzene rings is 4. The number of sulfonamides is 1. The maximum absolute atomic E-state index is 14.1. The van der Waals surface area contributed by atoms with Gasteiger partial charge in [0, 0.05) is 30.4 Å². The minimum atomic E-state index is -3.87. The van der Waals surface area contributed by atoms with E-state index in [0.29, 0.717) is 21.7 Å². The number of hydrogen-bond donors (Lipinski definition) is 1.